The molecule has 4 aromatic rings. The summed E-state index contributed by atoms with van der Waals surface area (Å²) in [5.74, 6) is -1.29. The van der Waals surface area contributed by atoms with Gasteiger partial charge in [0, 0.05) is 16.6 Å². The summed E-state index contributed by atoms with van der Waals surface area (Å²) in [4.78, 5) is 42.6. The van der Waals surface area contributed by atoms with Crippen molar-refractivity contribution in [1.82, 2.24) is 9.55 Å². The van der Waals surface area contributed by atoms with E-state index >= 15 is 0 Å². The van der Waals surface area contributed by atoms with Crippen molar-refractivity contribution in [3.05, 3.63) is 81.0 Å². The summed E-state index contributed by atoms with van der Waals surface area (Å²) in [7, 11) is 0. The zero-order chi connectivity index (χ0) is 22.1. The van der Waals surface area contributed by atoms with E-state index in [0.29, 0.717) is 21.9 Å². The lowest BCUT2D eigenvalue weighted by Crippen LogP contribution is -2.30. The van der Waals surface area contributed by atoms with Crippen molar-refractivity contribution in [3.63, 3.8) is 0 Å². The van der Waals surface area contributed by atoms with Gasteiger partial charge in [0.25, 0.3) is 5.56 Å². The highest BCUT2D eigenvalue weighted by atomic mass is 32.1. The van der Waals surface area contributed by atoms with E-state index in [1.165, 1.54) is 9.95 Å². The molecule has 0 unspecified atom stereocenters. The number of para-hydroxylation sites is 1. The summed E-state index contributed by atoms with van der Waals surface area (Å²) >= 11 is 1.10. The third-order valence-electron chi connectivity index (χ3n) is 4.92. The number of carbonyl (C=O) groups is 2. The van der Waals surface area contributed by atoms with Crippen molar-refractivity contribution in [2.45, 2.75) is 20.4 Å². The van der Waals surface area contributed by atoms with Gasteiger partial charge in [-0.25, -0.2) is 9.78 Å². The molecule has 0 aliphatic rings. The number of aromatic nitrogens is 2. The smallest absolute Gasteiger partial charge is 0.337 e. The molecule has 8 heteroatoms. The highest BCUT2D eigenvalue weighted by Crippen LogP contribution is 2.26. The van der Waals surface area contributed by atoms with Crippen molar-refractivity contribution in [2.24, 2.45) is 0 Å². The Bertz CT molecular complexity index is 1390. The van der Waals surface area contributed by atoms with Gasteiger partial charge in [0.15, 0.2) is 0 Å². The molecule has 1 amide bonds. The number of benzene rings is 2. The molecule has 7 nitrogen and oxygen atoms in total. The van der Waals surface area contributed by atoms with Crippen molar-refractivity contribution < 1.29 is 14.7 Å². The molecule has 0 saturated carbocycles. The van der Waals surface area contributed by atoms with Crippen LogP contribution in [0.15, 0.2) is 58.7 Å². The summed E-state index contributed by atoms with van der Waals surface area (Å²) in [5.41, 5.74) is 2.52. The van der Waals surface area contributed by atoms with E-state index in [1.54, 1.807) is 6.07 Å². The molecule has 2 heterocycles. The zero-order valence-electron chi connectivity index (χ0n) is 16.9. The molecule has 31 heavy (non-hydrogen) atoms. The monoisotopic (exact) mass is 433 g/mol. The number of fused-ring (bicyclic) bond motifs is 1. The number of nitrogens with zero attached hydrogens (tertiary/aromatic N) is 2. The fourth-order valence-corrected chi connectivity index (χ4v) is 4.28. The molecule has 4 rings (SSSR count). The van der Waals surface area contributed by atoms with Crippen LogP contribution in [0.25, 0.3) is 21.6 Å². The van der Waals surface area contributed by atoms with Crippen LogP contribution in [-0.4, -0.2) is 26.5 Å². The minimum Gasteiger partial charge on any atom is -0.478 e. The van der Waals surface area contributed by atoms with Gasteiger partial charge in [-0.05, 0) is 31.5 Å². The average Bonchev–Trinajstić information content (AvgIpc) is 3.16. The summed E-state index contributed by atoms with van der Waals surface area (Å²) in [6, 6.07) is 14.8. The van der Waals surface area contributed by atoms with Crippen LogP contribution < -0.4 is 10.9 Å². The maximum absolute atomic E-state index is 13.3. The molecule has 0 spiro atoms. The lowest BCUT2D eigenvalue weighted by molar-refractivity contribution is -0.116. The molecule has 0 radical (unpaired) electrons. The number of carbonyl (C=O) groups excluding carboxylic acids is 1. The molecule has 0 aliphatic heterocycles. The van der Waals surface area contributed by atoms with Crippen molar-refractivity contribution in [3.8, 4) is 11.4 Å². The molecule has 0 aliphatic carbocycles. The van der Waals surface area contributed by atoms with Gasteiger partial charge in [-0.1, -0.05) is 42.0 Å². The second kappa shape index (κ2) is 8.16. The van der Waals surface area contributed by atoms with Crippen LogP contribution in [0.1, 0.15) is 21.5 Å². The minimum atomic E-state index is -1.20. The summed E-state index contributed by atoms with van der Waals surface area (Å²) < 4.78 is 1.24. The number of carboxylic acids is 1. The first kappa shape index (κ1) is 20.5. The van der Waals surface area contributed by atoms with Gasteiger partial charge in [-0.2, -0.15) is 0 Å². The first-order valence-electron chi connectivity index (χ1n) is 9.53. The number of aromatic carboxylic acids is 1. The number of aryl methyl sites for hydroxylation is 2. The highest BCUT2D eigenvalue weighted by Gasteiger charge is 2.21. The molecule has 2 N–H and O–H groups in total. The summed E-state index contributed by atoms with van der Waals surface area (Å²) in [5, 5.41) is 13.7. The fourth-order valence-electron chi connectivity index (χ4n) is 3.38. The maximum Gasteiger partial charge on any atom is 0.337 e. The summed E-state index contributed by atoms with van der Waals surface area (Å²) in [6.07, 6.45) is 0. The largest absolute Gasteiger partial charge is 0.478 e. The third kappa shape index (κ3) is 3.97. The van der Waals surface area contributed by atoms with E-state index in [9.17, 15) is 19.5 Å². The van der Waals surface area contributed by atoms with E-state index in [4.69, 9.17) is 0 Å². The molecule has 2 aromatic carbocycles. The van der Waals surface area contributed by atoms with Crippen molar-refractivity contribution in [2.75, 3.05) is 5.32 Å². The van der Waals surface area contributed by atoms with E-state index in [2.05, 4.69) is 10.3 Å². The highest BCUT2D eigenvalue weighted by molar-refractivity contribution is 7.17. The molecule has 0 bridgehead atoms. The van der Waals surface area contributed by atoms with Crippen molar-refractivity contribution in [1.29, 1.82) is 0 Å². The molecule has 0 saturated heterocycles. The molecule has 0 fully saturated rings. The zero-order valence-corrected chi connectivity index (χ0v) is 17.7. The van der Waals surface area contributed by atoms with Gasteiger partial charge in [0.1, 0.15) is 17.2 Å². The molecule has 156 valence electrons. The number of nitrogens with one attached hydrogen (secondary N) is 1. The second-order valence-corrected chi connectivity index (χ2v) is 8.05. The Balaban J connectivity index is 1.85. The Labute approximate surface area is 181 Å². The fraction of sp³-hybridized carbons (Fsp3) is 0.130. The number of amides is 1. The Morgan fingerprint density at radius 1 is 1.13 bits per heavy atom. The predicted octanol–water partition coefficient (Wildman–Crippen LogP) is 4.08. The second-order valence-electron chi connectivity index (χ2n) is 7.19. The van der Waals surface area contributed by atoms with E-state index in [-0.39, 0.29) is 17.5 Å². The first-order chi connectivity index (χ1) is 14.8. The molecular formula is C23H19N3O4S. The normalized spacial score (nSPS) is 10.9. The SMILES string of the molecule is Cc1cccc(-c2nc3scc(C(=O)O)c3c(=O)n2CC(=O)Nc2ccccc2C)c1. The predicted molar refractivity (Wildman–Crippen MR) is 121 cm³/mol. The number of carboxylic acid groups (broad SMARTS) is 1. The van der Waals surface area contributed by atoms with Crippen LogP contribution >= 0.6 is 11.3 Å². The van der Waals surface area contributed by atoms with Crippen LogP contribution in [0.5, 0.6) is 0 Å². The number of anilines is 1. The summed E-state index contributed by atoms with van der Waals surface area (Å²) in [6.45, 7) is 3.50. The van der Waals surface area contributed by atoms with Crippen molar-refractivity contribution >= 4 is 39.1 Å². The van der Waals surface area contributed by atoms with Gasteiger partial charge >= 0.3 is 5.97 Å². The van der Waals surface area contributed by atoms with Gasteiger partial charge in [-0.3, -0.25) is 14.2 Å². The minimum absolute atomic E-state index is 0.0117. The average molecular weight is 433 g/mol. The standard InChI is InChI=1S/C23H19N3O4S/c1-13-6-5-8-15(10-13)20-25-21-19(16(12-31-21)23(29)30)22(28)26(20)11-18(27)24-17-9-4-3-7-14(17)2/h3-10,12H,11H2,1-2H3,(H,24,27)(H,29,30). The van der Waals surface area contributed by atoms with Crippen LogP contribution in [0.3, 0.4) is 0 Å². The Kier molecular flexibility index (Phi) is 5.39. The number of hydrogen-bond donors (Lipinski definition) is 2. The number of hydrogen-bond acceptors (Lipinski definition) is 5. The van der Waals surface area contributed by atoms with Crippen LogP contribution in [0, 0.1) is 13.8 Å². The van der Waals surface area contributed by atoms with E-state index in [0.717, 1.165) is 22.5 Å². The lowest BCUT2D eigenvalue weighted by Gasteiger charge is -2.14. The molecule has 2 aromatic heterocycles. The van der Waals surface area contributed by atoms with Crippen LogP contribution in [0.2, 0.25) is 0 Å². The van der Waals surface area contributed by atoms with E-state index in [1.807, 2.05) is 56.3 Å². The third-order valence-corrected chi connectivity index (χ3v) is 5.79. The lowest BCUT2D eigenvalue weighted by atomic mass is 10.1. The Morgan fingerprint density at radius 3 is 2.61 bits per heavy atom. The van der Waals surface area contributed by atoms with E-state index < -0.39 is 17.4 Å². The maximum atomic E-state index is 13.3. The first-order valence-corrected chi connectivity index (χ1v) is 10.4. The Morgan fingerprint density at radius 2 is 1.90 bits per heavy atom. The number of rotatable bonds is 5. The van der Waals surface area contributed by atoms with Gasteiger partial charge in [0.2, 0.25) is 5.91 Å². The van der Waals surface area contributed by atoms with Crippen LogP contribution in [-0.2, 0) is 11.3 Å². The van der Waals surface area contributed by atoms with Gasteiger partial charge in [0.05, 0.1) is 10.9 Å². The quantitative estimate of drug-likeness (QED) is 0.494. The Hall–Kier alpha value is -3.78. The molecule has 0 atom stereocenters. The molecular weight excluding hydrogens is 414 g/mol. The van der Waals surface area contributed by atoms with Crippen LogP contribution in [0.4, 0.5) is 5.69 Å². The van der Waals surface area contributed by atoms with Gasteiger partial charge in [-0.15, -0.1) is 11.3 Å². The topological polar surface area (TPSA) is 101 Å². The number of thiophene rings is 1. The van der Waals surface area contributed by atoms with Gasteiger partial charge < -0.3 is 10.4 Å².